The molecule has 0 aliphatic carbocycles. The van der Waals surface area contributed by atoms with E-state index in [9.17, 15) is 9.59 Å². The Labute approximate surface area is 159 Å². The van der Waals surface area contributed by atoms with Crippen molar-refractivity contribution in [2.45, 2.75) is 0 Å². The number of amides is 2. The van der Waals surface area contributed by atoms with Crippen LogP contribution in [0.5, 0.6) is 5.75 Å². The lowest BCUT2D eigenvalue weighted by atomic mass is 10.2. The van der Waals surface area contributed by atoms with Gasteiger partial charge in [-0.05, 0) is 48.0 Å². The van der Waals surface area contributed by atoms with Crippen molar-refractivity contribution in [3.05, 3.63) is 69.6 Å². The number of benzene rings is 2. The second kappa shape index (κ2) is 7.39. The lowest BCUT2D eigenvalue weighted by molar-refractivity contribution is -0.120. The number of carbonyl (C=O) groups excluding carboxylic acids is 2. The van der Waals surface area contributed by atoms with E-state index in [4.69, 9.17) is 28.6 Å². The van der Waals surface area contributed by atoms with Crippen molar-refractivity contribution < 1.29 is 14.3 Å². The van der Waals surface area contributed by atoms with Gasteiger partial charge in [-0.15, -0.1) is 0 Å². The molecule has 1 saturated heterocycles. The van der Waals surface area contributed by atoms with Gasteiger partial charge in [0.25, 0.3) is 11.8 Å². The van der Waals surface area contributed by atoms with E-state index < -0.39 is 11.8 Å². The zero-order chi connectivity index (χ0) is 18.0. The van der Waals surface area contributed by atoms with Crippen LogP contribution in [0.3, 0.4) is 0 Å². The van der Waals surface area contributed by atoms with E-state index in [2.05, 4.69) is 0 Å². The van der Waals surface area contributed by atoms with Gasteiger partial charge < -0.3 is 4.74 Å². The first-order valence-corrected chi connectivity index (χ1v) is 8.82. The van der Waals surface area contributed by atoms with Gasteiger partial charge in [-0.3, -0.25) is 9.59 Å². The molecule has 126 valence electrons. The van der Waals surface area contributed by atoms with E-state index in [-0.39, 0.29) is 4.32 Å². The van der Waals surface area contributed by atoms with Crippen LogP contribution in [0.1, 0.15) is 15.9 Å². The number of halogens is 1. The molecule has 0 unspecified atom stereocenters. The first kappa shape index (κ1) is 17.7. The summed E-state index contributed by atoms with van der Waals surface area (Å²) in [6.07, 6.45) is 1.69. The predicted molar refractivity (Wildman–Crippen MR) is 104 cm³/mol. The topological polar surface area (TPSA) is 46.6 Å². The first-order chi connectivity index (χ1) is 12.0. The third kappa shape index (κ3) is 3.76. The van der Waals surface area contributed by atoms with Gasteiger partial charge in [0.15, 0.2) is 4.32 Å². The number of thiocarbonyl (C=S) groups is 1. The number of carbonyl (C=O) groups is 2. The molecule has 0 atom stereocenters. The molecule has 1 heterocycles. The summed E-state index contributed by atoms with van der Waals surface area (Å²) in [5, 5.41) is 0.514. The van der Waals surface area contributed by atoms with Gasteiger partial charge in [-0.25, -0.2) is 4.90 Å². The number of ether oxygens (including phenoxy) is 1. The highest BCUT2D eigenvalue weighted by Gasteiger charge is 2.37. The van der Waals surface area contributed by atoms with Gasteiger partial charge in [0.2, 0.25) is 0 Å². The molecule has 0 N–H and O–H groups in total. The van der Waals surface area contributed by atoms with Gasteiger partial charge in [0.05, 0.1) is 12.0 Å². The van der Waals surface area contributed by atoms with E-state index in [0.29, 0.717) is 21.2 Å². The Bertz CT molecular complexity index is 893. The number of hydrogen-bond acceptors (Lipinski definition) is 5. The molecule has 4 nitrogen and oxygen atoms in total. The van der Waals surface area contributed by atoms with Crippen LogP contribution in [0.4, 0.5) is 0 Å². The highest BCUT2D eigenvalue weighted by molar-refractivity contribution is 8.26. The maximum absolute atomic E-state index is 12.6. The Balaban J connectivity index is 1.88. The molecule has 0 radical (unpaired) electrons. The van der Waals surface area contributed by atoms with Crippen LogP contribution in [-0.2, 0) is 4.79 Å². The highest BCUT2D eigenvalue weighted by atomic mass is 35.5. The van der Waals surface area contributed by atoms with Crippen LogP contribution < -0.4 is 4.74 Å². The molecule has 25 heavy (non-hydrogen) atoms. The van der Waals surface area contributed by atoms with Gasteiger partial charge in [0, 0.05) is 10.6 Å². The summed E-state index contributed by atoms with van der Waals surface area (Å²) in [7, 11) is 1.57. The molecule has 2 amide bonds. The van der Waals surface area contributed by atoms with Gasteiger partial charge >= 0.3 is 0 Å². The van der Waals surface area contributed by atoms with Crippen molar-refractivity contribution in [3.8, 4) is 5.75 Å². The average molecular weight is 390 g/mol. The van der Waals surface area contributed by atoms with Crippen molar-refractivity contribution in [2.24, 2.45) is 0 Å². The number of methoxy groups -OCH3 is 1. The summed E-state index contributed by atoms with van der Waals surface area (Å²) in [4.78, 5) is 26.6. The third-order valence-corrected chi connectivity index (χ3v) is 5.03. The number of imide groups is 1. The molecular formula is C18H12ClNO3S2. The standard InChI is InChI=1S/C18H12ClNO3S2/c1-23-14-4-2-3-11(9-14)10-15-17(22)20(18(24)25-15)16(21)12-5-7-13(19)8-6-12/h2-10H,1H3. The number of rotatable bonds is 3. The van der Waals surface area contributed by atoms with Crippen LogP contribution in [0.2, 0.25) is 5.02 Å². The Morgan fingerprint density at radius 1 is 1.24 bits per heavy atom. The Morgan fingerprint density at radius 3 is 2.64 bits per heavy atom. The minimum atomic E-state index is -0.465. The first-order valence-electron chi connectivity index (χ1n) is 7.21. The lowest BCUT2D eigenvalue weighted by Gasteiger charge is -2.12. The predicted octanol–water partition coefficient (Wildman–Crippen LogP) is 4.39. The summed E-state index contributed by atoms with van der Waals surface area (Å²) >= 11 is 12.1. The fourth-order valence-electron chi connectivity index (χ4n) is 2.25. The molecule has 0 spiro atoms. The summed E-state index contributed by atoms with van der Waals surface area (Å²) in [6.45, 7) is 0. The fourth-order valence-corrected chi connectivity index (χ4v) is 3.63. The number of hydrogen-bond donors (Lipinski definition) is 0. The maximum Gasteiger partial charge on any atom is 0.273 e. The van der Waals surface area contributed by atoms with Gasteiger partial charge in [0.1, 0.15) is 5.75 Å². The van der Waals surface area contributed by atoms with Crippen molar-refractivity contribution in [3.63, 3.8) is 0 Å². The summed E-state index contributed by atoms with van der Waals surface area (Å²) in [5.74, 6) is -0.215. The Hall–Kier alpha value is -2.15. The molecule has 1 fully saturated rings. The summed E-state index contributed by atoms with van der Waals surface area (Å²) in [6, 6.07) is 13.6. The van der Waals surface area contributed by atoms with Crippen LogP contribution in [0.15, 0.2) is 53.4 Å². The third-order valence-electron chi connectivity index (χ3n) is 3.48. The van der Waals surface area contributed by atoms with Gasteiger partial charge in [-0.1, -0.05) is 47.7 Å². The largest absolute Gasteiger partial charge is 0.497 e. The van der Waals surface area contributed by atoms with Gasteiger partial charge in [-0.2, -0.15) is 0 Å². The molecule has 0 aromatic heterocycles. The minimum Gasteiger partial charge on any atom is -0.497 e. The molecule has 1 aliphatic heterocycles. The van der Waals surface area contributed by atoms with Crippen molar-refractivity contribution >= 4 is 57.8 Å². The molecule has 2 aromatic rings. The zero-order valence-corrected chi connectivity index (χ0v) is 15.5. The van der Waals surface area contributed by atoms with E-state index in [1.54, 1.807) is 43.5 Å². The minimum absolute atomic E-state index is 0.207. The fraction of sp³-hybridized carbons (Fsp3) is 0.0556. The van der Waals surface area contributed by atoms with Crippen LogP contribution in [0.25, 0.3) is 6.08 Å². The zero-order valence-electron chi connectivity index (χ0n) is 13.1. The van der Waals surface area contributed by atoms with Crippen molar-refractivity contribution in [1.29, 1.82) is 0 Å². The number of thioether (sulfide) groups is 1. The van der Waals surface area contributed by atoms with Crippen LogP contribution >= 0.6 is 35.6 Å². The Morgan fingerprint density at radius 2 is 1.96 bits per heavy atom. The summed E-state index contributed by atoms with van der Waals surface area (Å²) in [5.41, 5.74) is 1.14. The van der Waals surface area contributed by atoms with E-state index in [1.165, 1.54) is 0 Å². The Kier molecular flexibility index (Phi) is 5.22. The monoisotopic (exact) mass is 389 g/mol. The SMILES string of the molecule is COc1cccc(C=C2SC(=S)N(C(=O)c3ccc(Cl)cc3)C2=O)c1. The number of nitrogens with zero attached hydrogens (tertiary/aromatic N) is 1. The molecule has 2 aromatic carbocycles. The quantitative estimate of drug-likeness (QED) is 0.442. The van der Waals surface area contributed by atoms with Crippen molar-refractivity contribution in [1.82, 2.24) is 4.90 Å². The second-order valence-electron chi connectivity index (χ2n) is 5.11. The van der Waals surface area contributed by atoms with Crippen molar-refractivity contribution in [2.75, 3.05) is 7.11 Å². The smallest absolute Gasteiger partial charge is 0.273 e. The van der Waals surface area contributed by atoms with E-state index in [0.717, 1.165) is 22.2 Å². The molecule has 0 saturated carbocycles. The highest BCUT2D eigenvalue weighted by Crippen LogP contribution is 2.34. The molecule has 1 aliphatic rings. The molecule has 7 heteroatoms. The molecule has 0 bridgehead atoms. The van der Waals surface area contributed by atoms with E-state index >= 15 is 0 Å². The normalized spacial score (nSPS) is 15.8. The maximum atomic E-state index is 12.6. The average Bonchev–Trinajstić information content (AvgIpc) is 2.88. The lowest BCUT2D eigenvalue weighted by Crippen LogP contribution is -2.34. The van der Waals surface area contributed by atoms with Crippen LogP contribution in [0, 0.1) is 0 Å². The second-order valence-corrected chi connectivity index (χ2v) is 7.22. The van der Waals surface area contributed by atoms with E-state index in [1.807, 2.05) is 18.2 Å². The van der Waals surface area contributed by atoms with Crippen LogP contribution in [-0.4, -0.2) is 28.1 Å². The molecular weight excluding hydrogens is 378 g/mol. The molecule has 3 rings (SSSR count). The summed E-state index contributed by atoms with van der Waals surface area (Å²) < 4.78 is 5.38.